The van der Waals surface area contributed by atoms with Gasteiger partial charge in [-0.25, -0.2) is 0 Å². The van der Waals surface area contributed by atoms with Crippen molar-refractivity contribution < 1.29 is 4.74 Å². The van der Waals surface area contributed by atoms with Crippen LogP contribution >= 0.6 is 0 Å². The third kappa shape index (κ3) is 2.07. The van der Waals surface area contributed by atoms with Crippen molar-refractivity contribution in [2.75, 3.05) is 25.8 Å². The van der Waals surface area contributed by atoms with Crippen LogP contribution in [-0.4, -0.2) is 20.9 Å². The van der Waals surface area contributed by atoms with Crippen LogP contribution in [0.3, 0.4) is 0 Å². The number of methoxy groups -OCH3 is 1. The fourth-order valence-electron chi connectivity index (χ4n) is 1.62. The zero-order chi connectivity index (χ0) is 10.7. The first kappa shape index (κ1) is 11.1. The van der Waals surface area contributed by atoms with Crippen LogP contribution in [0.2, 0.25) is 0 Å². The summed E-state index contributed by atoms with van der Waals surface area (Å²) in [6.45, 7) is 7.09. The maximum atomic E-state index is 5.11. The number of anilines is 1. The molecule has 78 valence electrons. The van der Waals surface area contributed by atoms with Crippen LogP contribution in [0.5, 0.6) is 0 Å². The number of rotatable bonds is 3. The minimum Gasteiger partial charge on any atom is -0.364 e. The third-order valence-electron chi connectivity index (χ3n) is 2.76. The van der Waals surface area contributed by atoms with Gasteiger partial charge in [0.25, 0.3) is 0 Å². The van der Waals surface area contributed by atoms with Crippen LogP contribution in [0.1, 0.15) is 16.7 Å². The van der Waals surface area contributed by atoms with E-state index in [0.29, 0.717) is 6.73 Å². The van der Waals surface area contributed by atoms with Crippen molar-refractivity contribution in [2.24, 2.45) is 0 Å². The molecule has 1 aromatic carbocycles. The van der Waals surface area contributed by atoms with E-state index in [2.05, 4.69) is 37.8 Å². The minimum absolute atomic E-state index is 0.628. The Kier molecular flexibility index (Phi) is 3.53. The molecule has 0 saturated carbocycles. The first-order valence-electron chi connectivity index (χ1n) is 4.84. The summed E-state index contributed by atoms with van der Waals surface area (Å²) in [5.74, 6) is 0. The molecule has 0 fully saturated rings. The van der Waals surface area contributed by atoms with E-state index < -0.39 is 0 Å². The Labute approximate surface area is 86.5 Å². The van der Waals surface area contributed by atoms with Gasteiger partial charge in [-0.3, -0.25) is 0 Å². The van der Waals surface area contributed by atoms with Crippen molar-refractivity contribution >= 4 is 5.69 Å². The SMILES string of the molecule is COCN(C)c1ccc(C)c(C)c1C. The Morgan fingerprint density at radius 1 is 1.14 bits per heavy atom. The topological polar surface area (TPSA) is 12.5 Å². The number of nitrogens with zero attached hydrogens (tertiary/aromatic N) is 1. The van der Waals surface area contributed by atoms with Gasteiger partial charge in [-0.15, -0.1) is 0 Å². The van der Waals surface area contributed by atoms with Crippen molar-refractivity contribution in [3.8, 4) is 0 Å². The molecular formula is C12H19NO. The van der Waals surface area contributed by atoms with Gasteiger partial charge in [0, 0.05) is 19.8 Å². The minimum atomic E-state index is 0.628. The highest BCUT2D eigenvalue weighted by Crippen LogP contribution is 2.24. The molecule has 0 unspecified atom stereocenters. The fourth-order valence-corrected chi connectivity index (χ4v) is 1.62. The van der Waals surface area contributed by atoms with Gasteiger partial charge in [-0.1, -0.05) is 6.07 Å². The molecule has 0 aliphatic rings. The Morgan fingerprint density at radius 3 is 2.36 bits per heavy atom. The zero-order valence-electron chi connectivity index (χ0n) is 9.72. The van der Waals surface area contributed by atoms with Crippen molar-refractivity contribution in [1.82, 2.24) is 0 Å². The first-order chi connectivity index (χ1) is 6.57. The van der Waals surface area contributed by atoms with E-state index >= 15 is 0 Å². The summed E-state index contributed by atoms with van der Waals surface area (Å²) in [6, 6.07) is 4.31. The molecule has 1 aromatic rings. The molecule has 0 aliphatic carbocycles. The van der Waals surface area contributed by atoms with Gasteiger partial charge in [-0.2, -0.15) is 0 Å². The lowest BCUT2D eigenvalue weighted by Crippen LogP contribution is -2.20. The third-order valence-corrected chi connectivity index (χ3v) is 2.76. The zero-order valence-corrected chi connectivity index (χ0v) is 9.72. The normalized spacial score (nSPS) is 10.4. The maximum Gasteiger partial charge on any atom is 0.118 e. The summed E-state index contributed by atoms with van der Waals surface area (Å²) in [5.41, 5.74) is 5.29. The number of benzene rings is 1. The molecule has 0 aliphatic heterocycles. The van der Waals surface area contributed by atoms with E-state index in [9.17, 15) is 0 Å². The second-order valence-corrected chi connectivity index (χ2v) is 3.77. The molecule has 0 heterocycles. The smallest absolute Gasteiger partial charge is 0.118 e. The standard InChI is InChI=1S/C12H19NO/c1-9-6-7-12(11(3)10(9)2)13(4)8-14-5/h6-7H,8H2,1-5H3. The maximum absolute atomic E-state index is 5.11. The second-order valence-electron chi connectivity index (χ2n) is 3.77. The molecule has 1 rings (SSSR count). The monoisotopic (exact) mass is 193 g/mol. The van der Waals surface area contributed by atoms with Crippen molar-refractivity contribution in [3.05, 3.63) is 28.8 Å². The van der Waals surface area contributed by atoms with E-state index in [4.69, 9.17) is 4.74 Å². The summed E-state index contributed by atoms with van der Waals surface area (Å²) < 4.78 is 5.11. The van der Waals surface area contributed by atoms with E-state index in [0.717, 1.165) is 0 Å². The molecular weight excluding hydrogens is 174 g/mol. The van der Waals surface area contributed by atoms with Crippen LogP contribution in [0, 0.1) is 20.8 Å². The van der Waals surface area contributed by atoms with Gasteiger partial charge in [0.05, 0.1) is 0 Å². The predicted molar refractivity (Wildman–Crippen MR) is 60.9 cm³/mol. The molecule has 2 heteroatoms. The quantitative estimate of drug-likeness (QED) is 0.684. The van der Waals surface area contributed by atoms with Gasteiger partial charge in [-0.05, 0) is 43.5 Å². The van der Waals surface area contributed by atoms with Gasteiger partial charge in [0.1, 0.15) is 6.73 Å². The number of hydrogen-bond donors (Lipinski definition) is 0. The Hall–Kier alpha value is -1.02. The van der Waals surface area contributed by atoms with E-state index in [1.807, 2.05) is 7.05 Å². The molecule has 0 bridgehead atoms. The highest BCUT2D eigenvalue weighted by Gasteiger charge is 2.06. The molecule has 0 aromatic heterocycles. The Bertz CT molecular complexity index is 320. The highest BCUT2D eigenvalue weighted by atomic mass is 16.5. The van der Waals surface area contributed by atoms with Gasteiger partial charge >= 0.3 is 0 Å². The number of aryl methyl sites for hydroxylation is 1. The highest BCUT2D eigenvalue weighted by molar-refractivity contribution is 5.57. The molecule has 0 saturated heterocycles. The van der Waals surface area contributed by atoms with Gasteiger partial charge in [0.2, 0.25) is 0 Å². The molecule has 0 spiro atoms. The molecule has 0 amide bonds. The molecule has 0 N–H and O–H groups in total. The molecule has 14 heavy (non-hydrogen) atoms. The van der Waals surface area contributed by atoms with Crippen LogP contribution < -0.4 is 4.90 Å². The number of hydrogen-bond acceptors (Lipinski definition) is 2. The Balaban J connectivity index is 3.04. The van der Waals surface area contributed by atoms with E-state index in [-0.39, 0.29) is 0 Å². The summed E-state index contributed by atoms with van der Waals surface area (Å²) in [4.78, 5) is 2.11. The summed E-state index contributed by atoms with van der Waals surface area (Å²) >= 11 is 0. The lowest BCUT2D eigenvalue weighted by Gasteiger charge is -2.22. The van der Waals surface area contributed by atoms with Crippen molar-refractivity contribution in [1.29, 1.82) is 0 Å². The predicted octanol–water partition coefficient (Wildman–Crippen LogP) is 2.65. The average Bonchev–Trinajstić information content (AvgIpc) is 2.15. The first-order valence-corrected chi connectivity index (χ1v) is 4.84. The molecule has 0 radical (unpaired) electrons. The average molecular weight is 193 g/mol. The van der Waals surface area contributed by atoms with Crippen LogP contribution in [0.15, 0.2) is 12.1 Å². The lowest BCUT2D eigenvalue weighted by molar-refractivity contribution is 0.202. The van der Waals surface area contributed by atoms with Crippen LogP contribution in [0.25, 0.3) is 0 Å². The summed E-state index contributed by atoms with van der Waals surface area (Å²) in [5, 5.41) is 0. The summed E-state index contributed by atoms with van der Waals surface area (Å²) in [6.07, 6.45) is 0. The van der Waals surface area contributed by atoms with Crippen molar-refractivity contribution in [3.63, 3.8) is 0 Å². The molecule has 2 nitrogen and oxygen atoms in total. The largest absolute Gasteiger partial charge is 0.364 e. The van der Waals surface area contributed by atoms with E-state index in [1.54, 1.807) is 7.11 Å². The second kappa shape index (κ2) is 4.47. The van der Waals surface area contributed by atoms with Crippen molar-refractivity contribution in [2.45, 2.75) is 20.8 Å². The fraction of sp³-hybridized carbons (Fsp3) is 0.500. The Morgan fingerprint density at radius 2 is 1.79 bits per heavy atom. The molecule has 0 atom stereocenters. The van der Waals surface area contributed by atoms with Gasteiger partial charge < -0.3 is 9.64 Å². The number of ether oxygens (including phenoxy) is 1. The van der Waals surface area contributed by atoms with Crippen LogP contribution in [-0.2, 0) is 4.74 Å². The van der Waals surface area contributed by atoms with E-state index in [1.165, 1.54) is 22.4 Å². The summed E-state index contributed by atoms with van der Waals surface area (Å²) in [7, 11) is 3.76. The lowest BCUT2D eigenvalue weighted by atomic mass is 10.0. The van der Waals surface area contributed by atoms with Gasteiger partial charge in [0.15, 0.2) is 0 Å². The van der Waals surface area contributed by atoms with Crippen LogP contribution in [0.4, 0.5) is 5.69 Å².